The largest absolute Gasteiger partial charge is 0.454 e. The number of carbonyl (C=O) groups excluding carboxylic acids is 1. The van der Waals surface area contributed by atoms with Crippen molar-refractivity contribution in [2.24, 2.45) is 0 Å². The topological polar surface area (TPSA) is 60.5 Å². The predicted octanol–water partition coefficient (Wildman–Crippen LogP) is 4.41. The summed E-state index contributed by atoms with van der Waals surface area (Å²) in [5, 5.41) is 3.82. The number of aryl methyl sites for hydroxylation is 2. The van der Waals surface area contributed by atoms with E-state index in [2.05, 4.69) is 10.3 Å². The number of rotatable bonds is 3. The van der Waals surface area contributed by atoms with Gasteiger partial charge in [0.1, 0.15) is 5.01 Å². The van der Waals surface area contributed by atoms with Gasteiger partial charge in [-0.3, -0.25) is 4.79 Å². The zero-order chi connectivity index (χ0) is 17.4. The van der Waals surface area contributed by atoms with E-state index < -0.39 is 0 Å². The van der Waals surface area contributed by atoms with E-state index in [1.807, 2.05) is 32.0 Å². The van der Waals surface area contributed by atoms with Gasteiger partial charge in [0.05, 0.1) is 5.69 Å². The van der Waals surface area contributed by atoms with Crippen LogP contribution in [0.3, 0.4) is 0 Å². The monoisotopic (exact) mass is 352 g/mol. The van der Waals surface area contributed by atoms with Gasteiger partial charge in [0.25, 0.3) is 5.91 Å². The molecule has 2 heterocycles. The number of hydrogen-bond acceptors (Lipinski definition) is 5. The Balaban J connectivity index is 1.57. The lowest BCUT2D eigenvalue weighted by Gasteiger charge is -2.07. The van der Waals surface area contributed by atoms with Gasteiger partial charge in [-0.05, 0) is 38.1 Å². The zero-order valence-electron chi connectivity index (χ0n) is 13.8. The predicted molar refractivity (Wildman–Crippen MR) is 97.5 cm³/mol. The van der Waals surface area contributed by atoms with Crippen LogP contribution < -0.4 is 14.8 Å². The maximum atomic E-state index is 12.6. The molecule has 0 aliphatic carbocycles. The lowest BCUT2D eigenvalue weighted by molar-refractivity contribution is 0.102. The third-order valence-electron chi connectivity index (χ3n) is 4.03. The highest BCUT2D eigenvalue weighted by Crippen LogP contribution is 2.34. The van der Waals surface area contributed by atoms with Gasteiger partial charge in [-0.15, -0.1) is 11.3 Å². The van der Waals surface area contributed by atoms with Gasteiger partial charge in [-0.2, -0.15) is 0 Å². The molecule has 5 nitrogen and oxygen atoms in total. The van der Waals surface area contributed by atoms with Gasteiger partial charge in [0.15, 0.2) is 11.5 Å². The molecule has 0 saturated carbocycles. The van der Waals surface area contributed by atoms with Gasteiger partial charge in [0.2, 0.25) is 6.79 Å². The van der Waals surface area contributed by atoms with E-state index in [0.717, 1.165) is 16.3 Å². The third-order valence-corrected chi connectivity index (χ3v) is 5.15. The number of ether oxygens (including phenoxy) is 2. The molecule has 126 valence electrons. The Bertz CT molecular complexity index is 946. The molecule has 0 atom stereocenters. The summed E-state index contributed by atoms with van der Waals surface area (Å²) in [6, 6.07) is 12.8. The lowest BCUT2D eigenvalue weighted by atomic mass is 10.1. The molecule has 0 spiro atoms. The van der Waals surface area contributed by atoms with E-state index >= 15 is 0 Å². The van der Waals surface area contributed by atoms with Gasteiger partial charge < -0.3 is 14.8 Å². The van der Waals surface area contributed by atoms with Crippen LogP contribution in [0.25, 0.3) is 10.6 Å². The molecule has 0 fully saturated rings. The van der Waals surface area contributed by atoms with Crippen LogP contribution in [0.1, 0.15) is 20.9 Å². The maximum Gasteiger partial charge on any atom is 0.255 e. The van der Waals surface area contributed by atoms with Crippen molar-refractivity contribution in [3.8, 4) is 22.1 Å². The van der Waals surface area contributed by atoms with Gasteiger partial charge in [-0.25, -0.2) is 4.98 Å². The van der Waals surface area contributed by atoms with Crippen molar-refractivity contribution in [2.45, 2.75) is 13.8 Å². The highest BCUT2D eigenvalue weighted by atomic mass is 32.1. The molecule has 3 aromatic rings. The molecule has 25 heavy (non-hydrogen) atoms. The summed E-state index contributed by atoms with van der Waals surface area (Å²) in [5.41, 5.74) is 3.22. The van der Waals surface area contributed by atoms with E-state index in [4.69, 9.17) is 9.47 Å². The fraction of sp³-hybridized carbons (Fsp3) is 0.158. The van der Waals surface area contributed by atoms with Crippen molar-refractivity contribution in [1.82, 2.24) is 4.98 Å². The normalized spacial score (nSPS) is 12.2. The van der Waals surface area contributed by atoms with Crippen LogP contribution in [0.5, 0.6) is 11.5 Å². The lowest BCUT2D eigenvalue weighted by Crippen LogP contribution is -2.11. The molecular formula is C19H16N2O3S. The average Bonchev–Trinajstić information content (AvgIpc) is 3.21. The number of amides is 1. The molecule has 1 aliphatic heterocycles. The van der Waals surface area contributed by atoms with Crippen molar-refractivity contribution < 1.29 is 14.3 Å². The summed E-state index contributed by atoms with van der Waals surface area (Å²) in [5.74, 6) is 1.15. The fourth-order valence-corrected chi connectivity index (χ4v) is 3.48. The van der Waals surface area contributed by atoms with Crippen LogP contribution >= 0.6 is 11.3 Å². The standard InChI is InChI=1S/C19H16N2O3S/c1-11-12(2)25-19(20-11)14-5-3-4-13(8-14)18(22)21-15-6-7-16-17(9-15)24-10-23-16/h3-9H,10H2,1-2H3,(H,21,22). The van der Waals surface area contributed by atoms with E-state index in [1.165, 1.54) is 4.88 Å². The Labute approximate surface area is 149 Å². The number of carbonyl (C=O) groups is 1. The molecule has 2 aromatic carbocycles. The number of anilines is 1. The molecule has 1 N–H and O–H groups in total. The minimum absolute atomic E-state index is 0.175. The second-order valence-corrected chi connectivity index (χ2v) is 6.97. The summed E-state index contributed by atoms with van der Waals surface area (Å²) < 4.78 is 10.6. The number of hydrogen-bond donors (Lipinski definition) is 1. The Morgan fingerprint density at radius 3 is 2.76 bits per heavy atom. The molecule has 6 heteroatoms. The SMILES string of the molecule is Cc1nc(-c2cccc(C(=O)Nc3ccc4c(c3)OCO4)c2)sc1C. The van der Waals surface area contributed by atoms with E-state index in [-0.39, 0.29) is 12.7 Å². The smallest absolute Gasteiger partial charge is 0.255 e. The number of nitrogens with one attached hydrogen (secondary N) is 1. The van der Waals surface area contributed by atoms with E-state index in [9.17, 15) is 4.79 Å². The Kier molecular flexibility index (Phi) is 3.89. The number of aromatic nitrogens is 1. The fourth-order valence-electron chi connectivity index (χ4n) is 2.57. The third kappa shape index (κ3) is 3.08. The van der Waals surface area contributed by atoms with E-state index in [0.29, 0.717) is 22.7 Å². The Morgan fingerprint density at radius 1 is 1.12 bits per heavy atom. The van der Waals surface area contributed by atoms with Crippen molar-refractivity contribution in [2.75, 3.05) is 12.1 Å². The Hall–Kier alpha value is -2.86. The van der Waals surface area contributed by atoms with Crippen LogP contribution in [0.15, 0.2) is 42.5 Å². The van der Waals surface area contributed by atoms with Crippen molar-refractivity contribution in [3.63, 3.8) is 0 Å². The first-order chi connectivity index (χ1) is 12.1. The van der Waals surface area contributed by atoms with Crippen LogP contribution in [0, 0.1) is 13.8 Å². The molecule has 0 radical (unpaired) electrons. The number of fused-ring (bicyclic) bond motifs is 1. The Morgan fingerprint density at radius 2 is 1.96 bits per heavy atom. The number of benzene rings is 2. The summed E-state index contributed by atoms with van der Waals surface area (Å²) in [7, 11) is 0. The summed E-state index contributed by atoms with van der Waals surface area (Å²) in [4.78, 5) is 18.3. The first-order valence-corrected chi connectivity index (χ1v) is 8.67. The second-order valence-electron chi connectivity index (χ2n) is 5.76. The molecule has 0 saturated heterocycles. The summed E-state index contributed by atoms with van der Waals surface area (Å²) >= 11 is 1.63. The molecular weight excluding hydrogens is 336 g/mol. The molecule has 1 aliphatic rings. The van der Waals surface area contributed by atoms with Crippen molar-refractivity contribution in [1.29, 1.82) is 0 Å². The molecule has 1 aromatic heterocycles. The highest BCUT2D eigenvalue weighted by molar-refractivity contribution is 7.15. The first-order valence-electron chi connectivity index (χ1n) is 7.85. The minimum Gasteiger partial charge on any atom is -0.454 e. The number of thiazole rings is 1. The summed E-state index contributed by atoms with van der Waals surface area (Å²) in [6.45, 7) is 4.25. The van der Waals surface area contributed by atoms with Crippen molar-refractivity contribution in [3.05, 3.63) is 58.6 Å². The van der Waals surface area contributed by atoms with Crippen LogP contribution in [-0.2, 0) is 0 Å². The zero-order valence-corrected chi connectivity index (χ0v) is 14.6. The molecule has 0 unspecified atom stereocenters. The summed E-state index contributed by atoms with van der Waals surface area (Å²) in [6.07, 6.45) is 0. The second kappa shape index (κ2) is 6.22. The van der Waals surface area contributed by atoms with Crippen LogP contribution in [0.4, 0.5) is 5.69 Å². The van der Waals surface area contributed by atoms with E-state index in [1.54, 1.807) is 35.6 Å². The minimum atomic E-state index is -0.175. The highest BCUT2D eigenvalue weighted by Gasteiger charge is 2.15. The average molecular weight is 352 g/mol. The van der Waals surface area contributed by atoms with Crippen LogP contribution in [0.2, 0.25) is 0 Å². The quantitative estimate of drug-likeness (QED) is 0.758. The molecule has 1 amide bonds. The van der Waals surface area contributed by atoms with Gasteiger partial charge in [0, 0.05) is 27.8 Å². The number of nitrogens with zero attached hydrogens (tertiary/aromatic N) is 1. The van der Waals surface area contributed by atoms with Gasteiger partial charge in [-0.1, -0.05) is 12.1 Å². The van der Waals surface area contributed by atoms with Crippen LogP contribution in [-0.4, -0.2) is 17.7 Å². The first kappa shape index (κ1) is 15.7. The molecule has 0 bridgehead atoms. The molecule has 4 rings (SSSR count). The van der Waals surface area contributed by atoms with Gasteiger partial charge >= 0.3 is 0 Å². The maximum absolute atomic E-state index is 12.6. The van der Waals surface area contributed by atoms with Crippen molar-refractivity contribution >= 4 is 22.9 Å².